The minimum Gasteiger partial charge on any atom is -0.466 e. The Morgan fingerprint density at radius 3 is 2.38 bits per heavy atom. The highest BCUT2D eigenvalue weighted by Crippen LogP contribution is 2.06. The summed E-state index contributed by atoms with van der Waals surface area (Å²) in [4.78, 5) is 11.3. The molecule has 0 saturated carbocycles. The van der Waals surface area contributed by atoms with Gasteiger partial charge in [-0.05, 0) is 32.2 Å². The number of carbonyl (C=O) groups is 1. The molecule has 0 radical (unpaired) electrons. The summed E-state index contributed by atoms with van der Waals surface area (Å²) in [6, 6.07) is 0. The predicted octanol–water partition coefficient (Wildman–Crippen LogP) is 3.02. The number of carbonyl (C=O) groups excluding carboxylic acids is 1. The van der Waals surface area contributed by atoms with Gasteiger partial charge in [-0.25, -0.2) is 0 Å². The summed E-state index contributed by atoms with van der Waals surface area (Å²) in [7, 11) is 0. The predicted molar refractivity (Wildman–Crippen MR) is 67.2 cm³/mol. The molecule has 0 bridgehead atoms. The quantitative estimate of drug-likeness (QED) is 0.437. The van der Waals surface area contributed by atoms with Crippen LogP contribution >= 0.6 is 0 Å². The van der Waals surface area contributed by atoms with Gasteiger partial charge in [0, 0.05) is 6.42 Å². The number of rotatable bonds is 11. The standard InChI is InChI=1S/C13H27NO2/c1-2-3-4-5-7-10-13(15)16-12-9-6-8-11-14/h2-12,14H2,1H3. The van der Waals surface area contributed by atoms with Gasteiger partial charge in [-0.1, -0.05) is 32.6 Å². The van der Waals surface area contributed by atoms with Crippen LogP contribution in [0.25, 0.3) is 0 Å². The summed E-state index contributed by atoms with van der Waals surface area (Å²) in [5, 5.41) is 0. The van der Waals surface area contributed by atoms with Crippen molar-refractivity contribution < 1.29 is 9.53 Å². The molecule has 0 rings (SSSR count). The minimum absolute atomic E-state index is 0.0377. The van der Waals surface area contributed by atoms with E-state index in [2.05, 4.69) is 6.92 Å². The summed E-state index contributed by atoms with van der Waals surface area (Å²) in [6.07, 6.45) is 9.48. The Hall–Kier alpha value is -0.570. The average molecular weight is 229 g/mol. The van der Waals surface area contributed by atoms with Crippen LogP contribution < -0.4 is 5.73 Å². The number of nitrogens with two attached hydrogens (primary N) is 1. The molecule has 0 aliphatic heterocycles. The zero-order chi connectivity index (χ0) is 12.1. The van der Waals surface area contributed by atoms with Crippen LogP contribution in [-0.2, 0) is 9.53 Å². The van der Waals surface area contributed by atoms with Gasteiger partial charge < -0.3 is 10.5 Å². The number of ether oxygens (including phenoxy) is 1. The first-order valence-corrected chi connectivity index (χ1v) is 6.67. The zero-order valence-corrected chi connectivity index (χ0v) is 10.7. The Kier molecular flexibility index (Phi) is 12.1. The lowest BCUT2D eigenvalue weighted by Gasteiger charge is -2.04. The van der Waals surface area contributed by atoms with Crippen LogP contribution in [0.5, 0.6) is 0 Å². The third-order valence-electron chi connectivity index (χ3n) is 2.60. The van der Waals surface area contributed by atoms with Crippen LogP contribution in [0.15, 0.2) is 0 Å². The third-order valence-corrected chi connectivity index (χ3v) is 2.60. The Labute approximate surface area is 99.7 Å². The van der Waals surface area contributed by atoms with Gasteiger partial charge in [0.1, 0.15) is 0 Å². The van der Waals surface area contributed by atoms with E-state index in [0.29, 0.717) is 13.0 Å². The first-order valence-electron chi connectivity index (χ1n) is 6.67. The highest BCUT2D eigenvalue weighted by Gasteiger charge is 2.01. The molecule has 0 aliphatic carbocycles. The highest BCUT2D eigenvalue weighted by molar-refractivity contribution is 5.69. The van der Waals surface area contributed by atoms with Gasteiger partial charge >= 0.3 is 5.97 Å². The van der Waals surface area contributed by atoms with Crippen molar-refractivity contribution in [3.05, 3.63) is 0 Å². The SMILES string of the molecule is CCCCCCCC(=O)OCCCCCN. The summed E-state index contributed by atoms with van der Waals surface area (Å²) in [6.45, 7) is 3.48. The third kappa shape index (κ3) is 11.5. The molecule has 0 fully saturated rings. The zero-order valence-electron chi connectivity index (χ0n) is 10.7. The van der Waals surface area contributed by atoms with Gasteiger partial charge in [0.15, 0.2) is 0 Å². The molecule has 0 heterocycles. The van der Waals surface area contributed by atoms with Crippen LogP contribution in [0.3, 0.4) is 0 Å². The molecule has 0 aromatic heterocycles. The maximum absolute atomic E-state index is 11.3. The smallest absolute Gasteiger partial charge is 0.305 e. The van der Waals surface area contributed by atoms with Crippen LogP contribution in [0, 0.1) is 0 Å². The van der Waals surface area contributed by atoms with E-state index in [1.807, 2.05) is 0 Å². The maximum atomic E-state index is 11.3. The van der Waals surface area contributed by atoms with Crippen molar-refractivity contribution in [1.29, 1.82) is 0 Å². The molecule has 0 aromatic rings. The molecule has 0 atom stereocenters. The molecule has 16 heavy (non-hydrogen) atoms. The number of hydrogen-bond acceptors (Lipinski definition) is 3. The number of esters is 1. The van der Waals surface area contributed by atoms with Crippen LogP contribution in [0.1, 0.15) is 64.7 Å². The van der Waals surface area contributed by atoms with Crippen LogP contribution in [0.2, 0.25) is 0 Å². The van der Waals surface area contributed by atoms with E-state index in [-0.39, 0.29) is 5.97 Å². The van der Waals surface area contributed by atoms with E-state index in [1.54, 1.807) is 0 Å². The Balaban J connectivity index is 3.12. The summed E-state index contributed by atoms with van der Waals surface area (Å²) in [5.74, 6) is -0.0377. The van der Waals surface area contributed by atoms with Gasteiger partial charge in [0.25, 0.3) is 0 Å². The van der Waals surface area contributed by atoms with E-state index in [9.17, 15) is 4.79 Å². The van der Waals surface area contributed by atoms with Crippen molar-refractivity contribution >= 4 is 5.97 Å². The molecule has 96 valence electrons. The fraction of sp³-hybridized carbons (Fsp3) is 0.923. The molecule has 3 nitrogen and oxygen atoms in total. The van der Waals surface area contributed by atoms with Crippen molar-refractivity contribution in [2.75, 3.05) is 13.2 Å². The van der Waals surface area contributed by atoms with Gasteiger partial charge in [-0.15, -0.1) is 0 Å². The lowest BCUT2D eigenvalue weighted by molar-refractivity contribution is -0.143. The summed E-state index contributed by atoms with van der Waals surface area (Å²) < 4.78 is 5.12. The van der Waals surface area contributed by atoms with Crippen LogP contribution in [0.4, 0.5) is 0 Å². The highest BCUT2D eigenvalue weighted by atomic mass is 16.5. The number of unbranched alkanes of at least 4 members (excludes halogenated alkanes) is 6. The topological polar surface area (TPSA) is 52.3 Å². The van der Waals surface area contributed by atoms with Crippen molar-refractivity contribution in [2.45, 2.75) is 64.7 Å². The molecule has 0 saturated heterocycles. The van der Waals surface area contributed by atoms with Crippen LogP contribution in [-0.4, -0.2) is 19.1 Å². The van der Waals surface area contributed by atoms with E-state index in [4.69, 9.17) is 10.5 Å². The lowest BCUT2D eigenvalue weighted by atomic mass is 10.1. The van der Waals surface area contributed by atoms with E-state index >= 15 is 0 Å². The molecule has 2 N–H and O–H groups in total. The number of hydrogen-bond donors (Lipinski definition) is 1. The molecule has 0 aliphatic rings. The molecule has 0 unspecified atom stereocenters. The van der Waals surface area contributed by atoms with E-state index in [0.717, 1.165) is 38.6 Å². The minimum atomic E-state index is -0.0377. The Morgan fingerprint density at radius 2 is 1.69 bits per heavy atom. The lowest BCUT2D eigenvalue weighted by Crippen LogP contribution is -2.06. The Morgan fingerprint density at radius 1 is 1.00 bits per heavy atom. The summed E-state index contributed by atoms with van der Waals surface area (Å²) in [5.41, 5.74) is 5.37. The Bertz CT molecular complexity index is 144. The molecule has 0 spiro atoms. The van der Waals surface area contributed by atoms with Crippen molar-refractivity contribution in [3.63, 3.8) is 0 Å². The summed E-state index contributed by atoms with van der Waals surface area (Å²) >= 11 is 0. The average Bonchev–Trinajstić information content (AvgIpc) is 2.28. The monoisotopic (exact) mass is 229 g/mol. The first kappa shape index (κ1) is 15.4. The normalized spacial score (nSPS) is 10.4. The van der Waals surface area contributed by atoms with Gasteiger partial charge in [0.05, 0.1) is 6.61 Å². The molecular formula is C13H27NO2. The fourth-order valence-electron chi connectivity index (χ4n) is 1.55. The second-order valence-electron chi connectivity index (χ2n) is 4.23. The van der Waals surface area contributed by atoms with Gasteiger partial charge in [-0.3, -0.25) is 4.79 Å². The molecule has 0 amide bonds. The van der Waals surface area contributed by atoms with Crippen molar-refractivity contribution in [1.82, 2.24) is 0 Å². The molecule has 0 aromatic carbocycles. The fourth-order valence-corrected chi connectivity index (χ4v) is 1.55. The maximum Gasteiger partial charge on any atom is 0.305 e. The van der Waals surface area contributed by atoms with E-state index < -0.39 is 0 Å². The van der Waals surface area contributed by atoms with Gasteiger partial charge in [0.2, 0.25) is 0 Å². The largest absolute Gasteiger partial charge is 0.466 e. The van der Waals surface area contributed by atoms with Crippen molar-refractivity contribution in [3.8, 4) is 0 Å². The van der Waals surface area contributed by atoms with Gasteiger partial charge in [-0.2, -0.15) is 0 Å². The molecule has 3 heteroatoms. The first-order chi connectivity index (χ1) is 7.81. The second kappa shape index (κ2) is 12.5. The second-order valence-corrected chi connectivity index (χ2v) is 4.23. The van der Waals surface area contributed by atoms with Crippen molar-refractivity contribution in [2.24, 2.45) is 5.73 Å². The van der Waals surface area contributed by atoms with E-state index in [1.165, 1.54) is 19.3 Å². The molecular weight excluding hydrogens is 202 g/mol.